The topological polar surface area (TPSA) is 69.6 Å². The van der Waals surface area contributed by atoms with Crippen molar-refractivity contribution in [3.05, 3.63) is 24.3 Å². The first-order valence-corrected chi connectivity index (χ1v) is 6.32. The summed E-state index contributed by atoms with van der Waals surface area (Å²) >= 11 is 0. The molecule has 0 radical (unpaired) electrons. The van der Waals surface area contributed by atoms with Crippen LogP contribution in [0.2, 0.25) is 0 Å². The number of phenolic OH excluding ortho intramolecular Hbond substituents is 1. The first kappa shape index (κ1) is 12.8. The molecule has 0 atom stereocenters. The number of rotatable bonds is 4. The molecule has 1 aromatic rings. The van der Waals surface area contributed by atoms with E-state index in [1.807, 2.05) is 0 Å². The fourth-order valence-corrected chi connectivity index (χ4v) is 2.33. The molecule has 16 heavy (non-hydrogen) atoms. The van der Waals surface area contributed by atoms with Crippen LogP contribution in [0.3, 0.4) is 0 Å². The van der Waals surface area contributed by atoms with E-state index in [2.05, 4.69) is 4.72 Å². The Morgan fingerprint density at radius 3 is 2.19 bits per heavy atom. The van der Waals surface area contributed by atoms with Crippen LogP contribution in [0.15, 0.2) is 24.3 Å². The van der Waals surface area contributed by atoms with Gasteiger partial charge in [0.05, 0.1) is 5.69 Å². The summed E-state index contributed by atoms with van der Waals surface area (Å²) in [5, 5.41) is 9.10. The number of nitrogens with zero attached hydrogens (tertiary/aromatic N) is 1. The Kier molecular flexibility index (Phi) is 3.77. The highest BCUT2D eigenvalue weighted by Gasteiger charge is 2.18. The van der Waals surface area contributed by atoms with Crippen molar-refractivity contribution >= 4 is 15.9 Å². The molecule has 1 rings (SSSR count). The number of benzene rings is 1. The quantitative estimate of drug-likeness (QED) is 0.832. The Morgan fingerprint density at radius 2 is 1.75 bits per heavy atom. The lowest BCUT2D eigenvalue weighted by Crippen LogP contribution is -2.41. The van der Waals surface area contributed by atoms with Gasteiger partial charge in [-0.15, -0.1) is 0 Å². The van der Waals surface area contributed by atoms with E-state index >= 15 is 0 Å². The van der Waals surface area contributed by atoms with Crippen LogP contribution < -0.4 is 9.03 Å². The van der Waals surface area contributed by atoms with Crippen LogP contribution in [0.4, 0.5) is 5.69 Å². The summed E-state index contributed by atoms with van der Waals surface area (Å²) in [4.78, 5) is 0. The van der Waals surface area contributed by atoms with Gasteiger partial charge in [0.25, 0.3) is 0 Å². The lowest BCUT2D eigenvalue weighted by atomic mass is 10.3. The van der Waals surface area contributed by atoms with Crippen molar-refractivity contribution in [2.24, 2.45) is 0 Å². The maximum absolute atomic E-state index is 11.8. The van der Waals surface area contributed by atoms with E-state index in [9.17, 15) is 8.42 Å². The van der Waals surface area contributed by atoms with E-state index < -0.39 is 10.2 Å². The molecule has 2 N–H and O–H groups in total. The Morgan fingerprint density at radius 1 is 1.25 bits per heavy atom. The zero-order valence-corrected chi connectivity index (χ0v) is 10.3. The van der Waals surface area contributed by atoms with Crippen molar-refractivity contribution in [3.63, 3.8) is 0 Å². The van der Waals surface area contributed by atoms with E-state index in [-0.39, 0.29) is 11.8 Å². The number of nitrogens with one attached hydrogen (secondary N) is 1. The van der Waals surface area contributed by atoms with Crippen LogP contribution >= 0.6 is 0 Å². The maximum Gasteiger partial charge on any atom is 0.301 e. The molecule has 0 spiro atoms. The van der Waals surface area contributed by atoms with Crippen LogP contribution in [0.1, 0.15) is 13.8 Å². The Labute approximate surface area is 95.9 Å². The molecule has 0 fully saturated rings. The second-order valence-electron chi connectivity index (χ2n) is 3.76. The van der Waals surface area contributed by atoms with E-state index in [1.165, 1.54) is 31.3 Å². The predicted molar refractivity (Wildman–Crippen MR) is 63.7 cm³/mol. The minimum atomic E-state index is -3.52. The molecule has 0 aliphatic rings. The van der Waals surface area contributed by atoms with Gasteiger partial charge >= 0.3 is 10.2 Å². The van der Waals surface area contributed by atoms with Gasteiger partial charge in [0, 0.05) is 13.1 Å². The van der Waals surface area contributed by atoms with Gasteiger partial charge in [0.2, 0.25) is 0 Å². The highest BCUT2D eigenvalue weighted by Crippen LogP contribution is 2.18. The second kappa shape index (κ2) is 4.71. The molecule has 0 unspecified atom stereocenters. The lowest BCUT2D eigenvalue weighted by Gasteiger charge is -2.21. The Hall–Kier alpha value is -1.27. The van der Waals surface area contributed by atoms with Crippen molar-refractivity contribution in [1.82, 2.24) is 4.72 Å². The standard InChI is InChI=1S/C10H16N2O3S/c1-8(2)11-16(14,15)12(3)9-4-6-10(13)7-5-9/h4-8,11,13H,1-3H3. The smallest absolute Gasteiger partial charge is 0.301 e. The molecular weight excluding hydrogens is 228 g/mol. The minimum absolute atomic E-state index is 0.103. The van der Waals surface area contributed by atoms with Crippen LogP contribution in [0, 0.1) is 0 Å². The molecule has 6 heteroatoms. The fraction of sp³-hybridized carbons (Fsp3) is 0.400. The van der Waals surface area contributed by atoms with E-state index in [0.717, 1.165) is 4.31 Å². The lowest BCUT2D eigenvalue weighted by molar-refractivity contribution is 0.475. The Balaban J connectivity index is 2.93. The first-order chi connectivity index (χ1) is 7.33. The average molecular weight is 244 g/mol. The van der Waals surface area contributed by atoms with Gasteiger partial charge in [0.1, 0.15) is 5.75 Å². The minimum Gasteiger partial charge on any atom is -0.508 e. The maximum atomic E-state index is 11.8. The van der Waals surface area contributed by atoms with Crippen molar-refractivity contribution in [2.75, 3.05) is 11.4 Å². The summed E-state index contributed by atoms with van der Waals surface area (Å²) in [7, 11) is -2.07. The summed E-state index contributed by atoms with van der Waals surface area (Å²) in [6, 6.07) is 5.79. The Bertz CT molecular complexity index is 440. The van der Waals surface area contributed by atoms with Gasteiger partial charge in [-0.2, -0.15) is 13.1 Å². The molecule has 0 aliphatic heterocycles. The van der Waals surface area contributed by atoms with Crippen molar-refractivity contribution in [3.8, 4) is 5.75 Å². The molecule has 0 amide bonds. The predicted octanol–water partition coefficient (Wildman–Crippen LogP) is 1.07. The summed E-state index contributed by atoms with van der Waals surface area (Å²) in [5.74, 6) is 0.103. The van der Waals surface area contributed by atoms with Crippen molar-refractivity contribution in [2.45, 2.75) is 19.9 Å². The van der Waals surface area contributed by atoms with Crippen LogP contribution in [0.25, 0.3) is 0 Å². The number of aromatic hydroxyl groups is 1. The largest absolute Gasteiger partial charge is 0.508 e. The van der Waals surface area contributed by atoms with Gasteiger partial charge < -0.3 is 5.11 Å². The van der Waals surface area contributed by atoms with Gasteiger partial charge in [-0.05, 0) is 38.1 Å². The summed E-state index contributed by atoms with van der Waals surface area (Å²) in [6.07, 6.45) is 0. The third kappa shape index (κ3) is 3.11. The summed E-state index contributed by atoms with van der Waals surface area (Å²) in [6.45, 7) is 3.50. The van der Waals surface area contributed by atoms with Crippen LogP contribution in [0.5, 0.6) is 5.75 Å². The second-order valence-corrected chi connectivity index (χ2v) is 5.50. The number of phenols is 1. The molecule has 5 nitrogen and oxygen atoms in total. The molecule has 0 heterocycles. The van der Waals surface area contributed by atoms with Gasteiger partial charge in [-0.1, -0.05) is 0 Å². The molecular formula is C10H16N2O3S. The molecule has 1 aromatic carbocycles. The van der Waals surface area contributed by atoms with E-state index in [4.69, 9.17) is 5.11 Å². The van der Waals surface area contributed by atoms with E-state index in [1.54, 1.807) is 13.8 Å². The zero-order chi connectivity index (χ0) is 12.3. The highest BCUT2D eigenvalue weighted by molar-refractivity contribution is 7.90. The average Bonchev–Trinajstić information content (AvgIpc) is 2.16. The summed E-state index contributed by atoms with van der Waals surface area (Å²) < 4.78 is 27.2. The zero-order valence-electron chi connectivity index (χ0n) is 9.51. The monoisotopic (exact) mass is 244 g/mol. The van der Waals surface area contributed by atoms with Crippen LogP contribution in [-0.4, -0.2) is 26.6 Å². The van der Waals surface area contributed by atoms with Gasteiger partial charge in [0.15, 0.2) is 0 Å². The van der Waals surface area contributed by atoms with Gasteiger partial charge in [-0.3, -0.25) is 4.31 Å². The highest BCUT2D eigenvalue weighted by atomic mass is 32.2. The number of anilines is 1. The number of hydrogen-bond donors (Lipinski definition) is 2. The summed E-state index contributed by atoms with van der Waals surface area (Å²) in [5.41, 5.74) is 0.492. The van der Waals surface area contributed by atoms with Crippen molar-refractivity contribution in [1.29, 1.82) is 0 Å². The molecule has 0 saturated heterocycles. The molecule has 90 valence electrons. The normalized spacial score (nSPS) is 11.8. The van der Waals surface area contributed by atoms with E-state index in [0.29, 0.717) is 5.69 Å². The number of hydrogen-bond acceptors (Lipinski definition) is 3. The third-order valence-electron chi connectivity index (χ3n) is 1.96. The molecule has 0 aromatic heterocycles. The van der Waals surface area contributed by atoms with Crippen LogP contribution in [-0.2, 0) is 10.2 Å². The van der Waals surface area contributed by atoms with Crippen molar-refractivity contribution < 1.29 is 13.5 Å². The third-order valence-corrected chi connectivity index (χ3v) is 3.66. The van der Waals surface area contributed by atoms with Gasteiger partial charge in [-0.25, -0.2) is 0 Å². The molecule has 0 bridgehead atoms. The first-order valence-electron chi connectivity index (χ1n) is 4.88. The fourth-order valence-electron chi connectivity index (χ4n) is 1.18. The molecule has 0 saturated carbocycles. The SMILES string of the molecule is CC(C)NS(=O)(=O)N(C)c1ccc(O)cc1. The molecule has 0 aliphatic carbocycles.